The molecule has 148 valence electrons. The third kappa shape index (κ3) is 2.29. The molecule has 6 unspecified atom stereocenters. The van der Waals surface area contributed by atoms with Crippen molar-refractivity contribution >= 4 is 11.6 Å². The smallest absolute Gasteiger partial charge is 0.190 e. The molecule has 4 heteroatoms. The van der Waals surface area contributed by atoms with Gasteiger partial charge in [-0.25, -0.2) is 0 Å². The third-order valence-electron chi connectivity index (χ3n) is 8.79. The lowest BCUT2D eigenvalue weighted by molar-refractivity contribution is -0.162. The SMILES string of the molecule is CCC1CC2C3CCC4=CC(=O)CCC4(C)C3=CCC2(C)C1(O)C(=O)CO. The molecule has 27 heavy (non-hydrogen) atoms. The topological polar surface area (TPSA) is 74.6 Å². The van der Waals surface area contributed by atoms with E-state index < -0.39 is 23.4 Å². The van der Waals surface area contributed by atoms with Crippen LogP contribution in [-0.4, -0.2) is 34.0 Å². The van der Waals surface area contributed by atoms with E-state index in [9.17, 15) is 19.8 Å². The molecule has 0 aliphatic heterocycles. The first kappa shape index (κ1) is 19.1. The van der Waals surface area contributed by atoms with Crippen LogP contribution in [0.3, 0.4) is 0 Å². The molecule has 0 bridgehead atoms. The lowest BCUT2D eigenvalue weighted by Gasteiger charge is -2.54. The molecule has 2 saturated carbocycles. The van der Waals surface area contributed by atoms with Crippen LogP contribution < -0.4 is 0 Å². The zero-order valence-electron chi connectivity index (χ0n) is 16.8. The summed E-state index contributed by atoms with van der Waals surface area (Å²) in [6.07, 6.45) is 9.80. The molecule has 6 atom stereocenters. The molecule has 4 aliphatic carbocycles. The summed E-state index contributed by atoms with van der Waals surface area (Å²) in [4.78, 5) is 24.6. The minimum absolute atomic E-state index is 0.0401. The van der Waals surface area contributed by atoms with E-state index in [1.54, 1.807) is 0 Å². The number of ketones is 2. The number of fused-ring (bicyclic) bond motifs is 5. The molecule has 2 fully saturated rings. The van der Waals surface area contributed by atoms with E-state index in [1.807, 2.05) is 13.0 Å². The van der Waals surface area contributed by atoms with Gasteiger partial charge in [0.15, 0.2) is 11.6 Å². The van der Waals surface area contributed by atoms with Gasteiger partial charge in [-0.05, 0) is 55.9 Å². The summed E-state index contributed by atoms with van der Waals surface area (Å²) in [6.45, 7) is 5.78. The highest BCUT2D eigenvalue weighted by Gasteiger charge is 2.67. The molecule has 0 heterocycles. The van der Waals surface area contributed by atoms with E-state index in [2.05, 4.69) is 19.9 Å². The maximum Gasteiger partial charge on any atom is 0.190 e. The second kappa shape index (κ2) is 6.12. The molecular formula is C23H32O4. The predicted octanol–water partition coefficient (Wildman–Crippen LogP) is 3.37. The van der Waals surface area contributed by atoms with Gasteiger partial charge >= 0.3 is 0 Å². The van der Waals surface area contributed by atoms with Gasteiger partial charge in [0.2, 0.25) is 0 Å². The maximum absolute atomic E-state index is 12.7. The van der Waals surface area contributed by atoms with Crippen LogP contribution in [-0.2, 0) is 9.59 Å². The molecular weight excluding hydrogens is 340 g/mol. The van der Waals surface area contributed by atoms with Gasteiger partial charge < -0.3 is 10.2 Å². The maximum atomic E-state index is 12.7. The Labute approximate surface area is 161 Å². The number of hydrogen-bond acceptors (Lipinski definition) is 4. The van der Waals surface area contributed by atoms with Crippen molar-refractivity contribution < 1.29 is 19.8 Å². The molecule has 0 spiro atoms. The van der Waals surface area contributed by atoms with Gasteiger partial charge in [-0.15, -0.1) is 0 Å². The van der Waals surface area contributed by atoms with E-state index in [1.165, 1.54) is 11.1 Å². The molecule has 4 nitrogen and oxygen atoms in total. The van der Waals surface area contributed by atoms with Crippen molar-refractivity contribution in [1.82, 2.24) is 0 Å². The second-order valence-corrected chi connectivity index (χ2v) is 9.69. The highest BCUT2D eigenvalue weighted by molar-refractivity contribution is 5.92. The van der Waals surface area contributed by atoms with Crippen molar-refractivity contribution in [3.05, 3.63) is 23.3 Å². The normalized spacial score (nSPS) is 46.1. The van der Waals surface area contributed by atoms with Crippen molar-refractivity contribution in [3.63, 3.8) is 0 Å². The van der Waals surface area contributed by atoms with Crippen molar-refractivity contribution in [3.8, 4) is 0 Å². The number of aliphatic hydroxyl groups excluding tert-OH is 1. The summed E-state index contributed by atoms with van der Waals surface area (Å²) >= 11 is 0. The van der Waals surface area contributed by atoms with E-state index in [0.29, 0.717) is 18.8 Å². The fraction of sp³-hybridized carbons (Fsp3) is 0.739. The molecule has 2 N–H and O–H groups in total. The molecule has 0 radical (unpaired) electrons. The Morgan fingerprint density at radius 3 is 2.70 bits per heavy atom. The molecule has 4 rings (SSSR count). The number of Topliss-reactive ketones (excluding diaryl/α,β-unsaturated/α-hetero) is 1. The van der Waals surface area contributed by atoms with Crippen LogP contribution in [0.4, 0.5) is 0 Å². The van der Waals surface area contributed by atoms with Crippen LogP contribution in [0.5, 0.6) is 0 Å². The first-order valence-corrected chi connectivity index (χ1v) is 10.5. The number of carbonyl (C=O) groups is 2. The zero-order chi connectivity index (χ0) is 19.6. The van der Waals surface area contributed by atoms with Crippen LogP contribution in [0.2, 0.25) is 0 Å². The first-order chi connectivity index (χ1) is 12.7. The van der Waals surface area contributed by atoms with Crippen molar-refractivity contribution in [1.29, 1.82) is 0 Å². The van der Waals surface area contributed by atoms with Crippen LogP contribution in [0.15, 0.2) is 23.3 Å². The van der Waals surface area contributed by atoms with Gasteiger partial charge in [0.25, 0.3) is 0 Å². The van der Waals surface area contributed by atoms with E-state index in [-0.39, 0.29) is 23.0 Å². The minimum Gasteiger partial charge on any atom is -0.388 e. The van der Waals surface area contributed by atoms with E-state index in [0.717, 1.165) is 32.1 Å². The van der Waals surface area contributed by atoms with Gasteiger partial charge in [-0.3, -0.25) is 9.59 Å². The van der Waals surface area contributed by atoms with Gasteiger partial charge in [0.1, 0.15) is 12.2 Å². The van der Waals surface area contributed by atoms with Crippen molar-refractivity contribution in [2.75, 3.05) is 6.61 Å². The molecule has 0 aromatic rings. The summed E-state index contributed by atoms with van der Waals surface area (Å²) in [6, 6.07) is 0. The number of carbonyl (C=O) groups excluding carboxylic acids is 2. The van der Waals surface area contributed by atoms with Gasteiger partial charge in [0.05, 0.1) is 0 Å². The monoisotopic (exact) mass is 372 g/mol. The summed E-state index contributed by atoms with van der Waals surface area (Å²) < 4.78 is 0. The zero-order valence-corrected chi connectivity index (χ0v) is 16.8. The number of aliphatic hydroxyl groups is 2. The van der Waals surface area contributed by atoms with Crippen LogP contribution in [0.1, 0.15) is 65.7 Å². The fourth-order valence-electron chi connectivity index (χ4n) is 7.16. The lowest BCUT2D eigenvalue weighted by atomic mass is 9.50. The minimum atomic E-state index is -1.44. The number of rotatable bonds is 3. The van der Waals surface area contributed by atoms with Crippen molar-refractivity contribution in [2.24, 2.45) is 28.6 Å². The Bertz CT molecular complexity index is 749. The Morgan fingerprint density at radius 1 is 1.30 bits per heavy atom. The lowest BCUT2D eigenvalue weighted by Crippen LogP contribution is -2.57. The molecule has 0 saturated heterocycles. The Kier molecular flexibility index (Phi) is 4.32. The average molecular weight is 373 g/mol. The molecule has 0 amide bonds. The Hall–Kier alpha value is -1.26. The second-order valence-electron chi connectivity index (χ2n) is 9.69. The first-order valence-electron chi connectivity index (χ1n) is 10.5. The number of allylic oxidation sites excluding steroid dienone is 4. The van der Waals surface area contributed by atoms with E-state index in [4.69, 9.17) is 0 Å². The molecule has 4 aliphatic rings. The summed E-state index contributed by atoms with van der Waals surface area (Å²) in [5.41, 5.74) is 0.704. The number of hydrogen-bond donors (Lipinski definition) is 2. The van der Waals surface area contributed by atoms with Crippen LogP contribution in [0.25, 0.3) is 0 Å². The average Bonchev–Trinajstić information content (AvgIpc) is 2.90. The Morgan fingerprint density at radius 2 is 2.04 bits per heavy atom. The van der Waals surface area contributed by atoms with Crippen LogP contribution >= 0.6 is 0 Å². The fourth-order valence-corrected chi connectivity index (χ4v) is 7.16. The highest BCUT2D eigenvalue weighted by Crippen LogP contribution is 2.67. The highest BCUT2D eigenvalue weighted by atomic mass is 16.3. The molecule has 0 aromatic carbocycles. The largest absolute Gasteiger partial charge is 0.388 e. The molecule has 0 aromatic heterocycles. The van der Waals surface area contributed by atoms with Crippen LogP contribution in [0, 0.1) is 28.6 Å². The van der Waals surface area contributed by atoms with Gasteiger partial charge in [-0.2, -0.15) is 0 Å². The summed E-state index contributed by atoms with van der Waals surface area (Å²) in [7, 11) is 0. The van der Waals surface area contributed by atoms with Gasteiger partial charge in [-0.1, -0.05) is 44.4 Å². The van der Waals surface area contributed by atoms with Crippen molar-refractivity contribution in [2.45, 2.75) is 71.3 Å². The predicted molar refractivity (Wildman–Crippen MR) is 103 cm³/mol. The quantitative estimate of drug-likeness (QED) is 0.745. The summed E-state index contributed by atoms with van der Waals surface area (Å²) in [5, 5.41) is 21.2. The summed E-state index contributed by atoms with van der Waals surface area (Å²) in [5.74, 6) is 0.337. The van der Waals surface area contributed by atoms with E-state index >= 15 is 0 Å². The third-order valence-corrected chi connectivity index (χ3v) is 8.79. The Balaban J connectivity index is 1.78. The standard InChI is InChI=1S/C23H32O4/c1-4-14-12-19-17-6-5-15-11-16(25)7-9-21(15,2)18(17)8-10-22(19,3)23(14,27)20(26)13-24/h8,11,14,17,19,24,27H,4-7,9-10,12-13H2,1-3H3. The van der Waals surface area contributed by atoms with Gasteiger partial charge in [0, 0.05) is 17.3 Å².